The summed E-state index contributed by atoms with van der Waals surface area (Å²) >= 11 is 0. The van der Waals surface area contributed by atoms with Crippen LogP contribution in [-0.2, 0) is 0 Å². The Morgan fingerprint density at radius 2 is 1.74 bits per heavy atom. The third-order valence-electron chi connectivity index (χ3n) is 3.57. The van der Waals surface area contributed by atoms with Gasteiger partial charge in [-0.2, -0.15) is 0 Å². The molecular weight excluding hydrogens is 240 g/mol. The Hall–Kier alpha value is -1.65. The number of likely N-dealkylation sites (tertiary alicyclic amines) is 1. The first kappa shape index (κ1) is 13.8. The molecule has 0 bridgehead atoms. The second kappa shape index (κ2) is 6.50. The van der Waals surface area contributed by atoms with E-state index in [9.17, 15) is 4.79 Å². The fraction of sp³-hybridized carbons (Fsp3) is 0.643. The number of anilines is 1. The first-order valence-electron chi connectivity index (χ1n) is 7.12. The van der Waals surface area contributed by atoms with Crippen LogP contribution in [0.4, 0.5) is 5.95 Å². The molecule has 1 amide bonds. The Labute approximate surface area is 114 Å². The van der Waals surface area contributed by atoms with Gasteiger partial charge in [-0.15, -0.1) is 0 Å². The second-order valence-electron chi connectivity index (χ2n) is 4.80. The highest BCUT2D eigenvalue weighted by atomic mass is 16.2. The lowest BCUT2D eigenvalue weighted by Crippen LogP contribution is -2.35. The fourth-order valence-electron chi connectivity index (χ4n) is 2.38. The normalized spacial score (nSPS) is 15.4. The van der Waals surface area contributed by atoms with E-state index >= 15 is 0 Å². The van der Waals surface area contributed by atoms with Crippen LogP contribution in [-0.4, -0.2) is 47.0 Å². The number of nitrogens with zero attached hydrogens (tertiary/aromatic N) is 4. The molecule has 1 aromatic rings. The molecule has 0 aromatic carbocycles. The lowest BCUT2D eigenvalue weighted by molar-refractivity contribution is 0.0723. The van der Waals surface area contributed by atoms with E-state index in [-0.39, 0.29) is 5.91 Å². The highest BCUT2D eigenvalue weighted by Gasteiger charge is 2.19. The minimum Gasteiger partial charge on any atom is -0.341 e. The molecule has 1 fully saturated rings. The maximum absolute atomic E-state index is 12.3. The molecule has 2 rings (SSSR count). The highest BCUT2D eigenvalue weighted by Crippen LogP contribution is 2.13. The number of aromatic nitrogens is 2. The van der Waals surface area contributed by atoms with Crippen LogP contribution in [0.3, 0.4) is 0 Å². The van der Waals surface area contributed by atoms with Crippen molar-refractivity contribution in [1.29, 1.82) is 0 Å². The summed E-state index contributed by atoms with van der Waals surface area (Å²) in [6.45, 7) is 7.60. The van der Waals surface area contributed by atoms with Gasteiger partial charge < -0.3 is 9.80 Å². The van der Waals surface area contributed by atoms with Crippen LogP contribution in [0.1, 0.15) is 43.5 Å². The third kappa shape index (κ3) is 3.22. The van der Waals surface area contributed by atoms with Gasteiger partial charge in [0.15, 0.2) is 0 Å². The lowest BCUT2D eigenvalue weighted by atomic mass is 10.1. The standard InChI is InChI=1S/C14H22N4O/c1-3-17(4-2)14-15-10-12(11-16-14)13(19)18-8-6-5-7-9-18/h10-11H,3-9H2,1-2H3. The zero-order valence-corrected chi connectivity index (χ0v) is 11.8. The van der Waals surface area contributed by atoms with E-state index in [4.69, 9.17) is 0 Å². The van der Waals surface area contributed by atoms with Gasteiger partial charge in [-0.1, -0.05) is 0 Å². The molecule has 1 aliphatic heterocycles. The van der Waals surface area contributed by atoms with Crippen molar-refractivity contribution in [3.8, 4) is 0 Å². The van der Waals surface area contributed by atoms with Crippen LogP contribution < -0.4 is 4.90 Å². The molecule has 0 saturated carbocycles. The molecule has 0 radical (unpaired) electrons. The van der Waals surface area contributed by atoms with Crippen molar-refractivity contribution in [2.24, 2.45) is 0 Å². The number of carbonyl (C=O) groups excluding carboxylic acids is 1. The number of rotatable bonds is 4. The Morgan fingerprint density at radius 1 is 1.16 bits per heavy atom. The Morgan fingerprint density at radius 3 is 2.26 bits per heavy atom. The molecule has 5 nitrogen and oxygen atoms in total. The summed E-state index contributed by atoms with van der Waals surface area (Å²) in [6.07, 6.45) is 6.73. The van der Waals surface area contributed by atoms with Crippen molar-refractivity contribution in [3.63, 3.8) is 0 Å². The zero-order chi connectivity index (χ0) is 13.7. The third-order valence-corrected chi connectivity index (χ3v) is 3.57. The predicted molar refractivity (Wildman–Crippen MR) is 75.3 cm³/mol. The first-order chi connectivity index (χ1) is 9.26. The Kier molecular flexibility index (Phi) is 4.71. The van der Waals surface area contributed by atoms with E-state index < -0.39 is 0 Å². The van der Waals surface area contributed by atoms with Gasteiger partial charge in [-0.3, -0.25) is 4.79 Å². The zero-order valence-electron chi connectivity index (χ0n) is 11.8. The molecule has 0 N–H and O–H groups in total. The van der Waals surface area contributed by atoms with Crippen LogP contribution >= 0.6 is 0 Å². The van der Waals surface area contributed by atoms with Gasteiger partial charge in [0.2, 0.25) is 5.95 Å². The predicted octanol–water partition coefficient (Wildman–Crippen LogP) is 1.95. The van der Waals surface area contributed by atoms with Crippen molar-refractivity contribution >= 4 is 11.9 Å². The van der Waals surface area contributed by atoms with Crippen molar-refractivity contribution in [2.75, 3.05) is 31.1 Å². The smallest absolute Gasteiger partial charge is 0.256 e. The number of amides is 1. The Bertz CT molecular complexity index is 408. The summed E-state index contributed by atoms with van der Waals surface area (Å²) in [5.41, 5.74) is 0.595. The highest BCUT2D eigenvalue weighted by molar-refractivity contribution is 5.93. The number of piperidine rings is 1. The SMILES string of the molecule is CCN(CC)c1ncc(C(=O)N2CCCCC2)cn1. The number of hydrogen-bond acceptors (Lipinski definition) is 4. The van der Waals surface area contributed by atoms with E-state index in [1.54, 1.807) is 12.4 Å². The van der Waals surface area contributed by atoms with E-state index in [0.717, 1.165) is 39.0 Å². The summed E-state index contributed by atoms with van der Waals surface area (Å²) in [4.78, 5) is 24.8. The number of hydrogen-bond donors (Lipinski definition) is 0. The van der Waals surface area contributed by atoms with Crippen molar-refractivity contribution < 1.29 is 4.79 Å². The minimum absolute atomic E-state index is 0.0609. The van der Waals surface area contributed by atoms with E-state index in [2.05, 4.69) is 28.7 Å². The maximum atomic E-state index is 12.3. The van der Waals surface area contributed by atoms with Crippen LogP contribution in [0, 0.1) is 0 Å². The monoisotopic (exact) mass is 262 g/mol. The van der Waals surface area contributed by atoms with Crippen LogP contribution in [0.2, 0.25) is 0 Å². The van der Waals surface area contributed by atoms with Crippen LogP contribution in [0.25, 0.3) is 0 Å². The Balaban J connectivity index is 2.06. The average Bonchev–Trinajstić information content (AvgIpc) is 2.49. The summed E-state index contributed by atoms with van der Waals surface area (Å²) in [5, 5.41) is 0. The quantitative estimate of drug-likeness (QED) is 0.832. The van der Waals surface area contributed by atoms with Crippen LogP contribution in [0.15, 0.2) is 12.4 Å². The summed E-state index contributed by atoms with van der Waals surface area (Å²) in [5.74, 6) is 0.756. The molecular formula is C14H22N4O. The summed E-state index contributed by atoms with van der Waals surface area (Å²) in [7, 11) is 0. The molecule has 0 spiro atoms. The summed E-state index contributed by atoms with van der Waals surface area (Å²) < 4.78 is 0. The second-order valence-corrected chi connectivity index (χ2v) is 4.80. The largest absolute Gasteiger partial charge is 0.341 e. The van der Waals surface area contributed by atoms with Crippen molar-refractivity contribution in [1.82, 2.24) is 14.9 Å². The van der Waals surface area contributed by atoms with Gasteiger partial charge in [0.25, 0.3) is 5.91 Å². The van der Waals surface area contributed by atoms with Crippen molar-refractivity contribution in [2.45, 2.75) is 33.1 Å². The van der Waals surface area contributed by atoms with Gasteiger partial charge >= 0.3 is 0 Å². The molecule has 0 unspecified atom stereocenters. The number of carbonyl (C=O) groups is 1. The van der Waals surface area contributed by atoms with Gasteiger partial charge in [-0.25, -0.2) is 9.97 Å². The van der Waals surface area contributed by atoms with Gasteiger partial charge in [-0.05, 0) is 33.1 Å². The molecule has 0 atom stereocenters. The molecule has 0 aliphatic carbocycles. The molecule has 1 aliphatic rings. The van der Waals surface area contributed by atoms with Crippen molar-refractivity contribution in [3.05, 3.63) is 18.0 Å². The topological polar surface area (TPSA) is 49.3 Å². The minimum atomic E-state index is 0.0609. The molecule has 104 valence electrons. The fourth-order valence-corrected chi connectivity index (χ4v) is 2.38. The molecule has 2 heterocycles. The maximum Gasteiger partial charge on any atom is 0.256 e. The summed E-state index contributed by atoms with van der Waals surface area (Å²) in [6, 6.07) is 0. The lowest BCUT2D eigenvalue weighted by Gasteiger charge is -2.26. The van der Waals surface area contributed by atoms with Gasteiger partial charge in [0, 0.05) is 38.6 Å². The van der Waals surface area contributed by atoms with E-state index in [1.807, 2.05) is 4.90 Å². The van der Waals surface area contributed by atoms with Gasteiger partial charge in [0.05, 0.1) is 5.56 Å². The molecule has 19 heavy (non-hydrogen) atoms. The first-order valence-corrected chi connectivity index (χ1v) is 7.12. The van der Waals surface area contributed by atoms with E-state index in [1.165, 1.54) is 6.42 Å². The van der Waals surface area contributed by atoms with Gasteiger partial charge in [0.1, 0.15) is 0 Å². The average molecular weight is 262 g/mol. The molecule has 1 saturated heterocycles. The molecule has 1 aromatic heterocycles. The van der Waals surface area contributed by atoms with Crippen LogP contribution in [0.5, 0.6) is 0 Å². The van der Waals surface area contributed by atoms with E-state index in [0.29, 0.717) is 11.5 Å². The molecule has 5 heteroatoms.